The number of hydrogen-bond acceptors (Lipinski definition) is 6. The van der Waals surface area contributed by atoms with Crippen LogP contribution in [0.3, 0.4) is 0 Å². The van der Waals surface area contributed by atoms with Crippen molar-refractivity contribution in [3.8, 4) is 12.8 Å². The smallest absolute Gasteiger partial charge is 0.308 e. The first-order valence-electron chi connectivity index (χ1n) is 19.4. The van der Waals surface area contributed by atoms with Gasteiger partial charge in [-0.25, -0.2) is 0 Å². The molecule has 2 saturated heterocycles. The molecule has 0 aromatic heterocycles. The number of unbranched alkanes of at least 4 members (excludes halogenated alkanes) is 1. The predicted molar refractivity (Wildman–Crippen MR) is 222 cm³/mol. The molecule has 7 nitrogen and oxygen atoms in total. The Morgan fingerprint density at radius 2 is 1.71 bits per heavy atom. The van der Waals surface area contributed by atoms with Gasteiger partial charge in [-0.05, 0) is 87.6 Å². The summed E-state index contributed by atoms with van der Waals surface area (Å²) in [7, 11) is 2.20. The van der Waals surface area contributed by atoms with Crippen LogP contribution in [-0.2, 0) is 25.5 Å². The van der Waals surface area contributed by atoms with Crippen LogP contribution in [0.1, 0.15) is 108 Å². The third kappa shape index (κ3) is 18.6. The number of carboxylic acids is 1. The number of rotatable bonds is 15. The van der Waals surface area contributed by atoms with E-state index in [-0.39, 0.29) is 31.2 Å². The molecule has 0 bridgehead atoms. The van der Waals surface area contributed by atoms with Crippen molar-refractivity contribution in [2.24, 2.45) is 29.6 Å². The van der Waals surface area contributed by atoms with Crippen molar-refractivity contribution in [2.45, 2.75) is 115 Å². The third-order valence-corrected chi connectivity index (χ3v) is 9.05. The molecule has 2 aliphatic heterocycles. The summed E-state index contributed by atoms with van der Waals surface area (Å²) in [5, 5.41) is 9.89. The first kappa shape index (κ1) is 50.3. The van der Waals surface area contributed by atoms with Gasteiger partial charge in [0.25, 0.3) is 0 Å². The van der Waals surface area contributed by atoms with Crippen molar-refractivity contribution in [1.82, 2.24) is 4.90 Å². The van der Waals surface area contributed by atoms with E-state index in [4.69, 9.17) is 9.47 Å². The minimum Gasteiger partial charge on any atom is -0.481 e. The lowest BCUT2D eigenvalue weighted by Gasteiger charge is -2.27. The summed E-state index contributed by atoms with van der Waals surface area (Å²) in [5.41, 5.74) is 4.04. The zero-order valence-electron chi connectivity index (χ0n) is 35.0. The molecule has 2 fully saturated rings. The van der Waals surface area contributed by atoms with Gasteiger partial charge in [-0.3, -0.25) is 9.69 Å². The van der Waals surface area contributed by atoms with Gasteiger partial charge in [-0.15, -0.1) is 12.8 Å². The van der Waals surface area contributed by atoms with E-state index in [0.29, 0.717) is 24.5 Å². The number of anilines is 1. The molecule has 1 aromatic carbocycles. The van der Waals surface area contributed by atoms with Gasteiger partial charge < -0.3 is 24.3 Å². The standard InChI is InChI=1S/C22H31NO5.C17H29N.2C2H6.C2H2/c1-5-19-20(28-14-27-19)8-6-7-17-13-23(9-10-24)18(21(17)22(25)26)12-16(4)11-15(2)3;1-6-7-11-18(5)17-10-8-9-16(13-17)12-15(4)14(2)3;3*1-2/h5-8,10-11,16-18,21H,9,12-14H2,1-4H3,(H,25,26);8-10,13-15H,6-7,11-12H2,1-5H3;2*1-2H3;1-2H/b7-6+,19-5+,20-8+;;;;/t16-,17?,18+,21-;;;;/m1..../s1. The van der Waals surface area contributed by atoms with Gasteiger partial charge in [0.05, 0.1) is 12.5 Å². The van der Waals surface area contributed by atoms with Gasteiger partial charge >= 0.3 is 5.97 Å². The maximum Gasteiger partial charge on any atom is 0.308 e. The molecule has 2 heterocycles. The predicted octanol–water partition coefficient (Wildman–Crippen LogP) is 10.6. The molecule has 7 heteroatoms. The number of carboxylic acid groups (broad SMARTS) is 1. The molecule has 0 radical (unpaired) electrons. The number of aldehydes is 1. The van der Waals surface area contributed by atoms with Crippen molar-refractivity contribution in [2.75, 3.05) is 38.4 Å². The highest BCUT2D eigenvalue weighted by Gasteiger charge is 2.44. The van der Waals surface area contributed by atoms with E-state index < -0.39 is 11.9 Å². The Morgan fingerprint density at radius 3 is 2.25 bits per heavy atom. The lowest BCUT2D eigenvalue weighted by Crippen LogP contribution is -2.38. The van der Waals surface area contributed by atoms with Crippen LogP contribution in [0, 0.1) is 42.4 Å². The summed E-state index contributed by atoms with van der Waals surface area (Å²) in [5.74, 6) is 1.53. The van der Waals surface area contributed by atoms with Gasteiger partial charge in [0.2, 0.25) is 6.79 Å². The number of ether oxygens (including phenoxy) is 2. The minimum absolute atomic E-state index is 0.172. The minimum atomic E-state index is -0.820. The molecular formula is C45H74N2O5. The highest BCUT2D eigenvalue weighted by atomic mass is 16.7. The SMILES string of the molecule is C#C.C/C=C1/OCO/C1=C/C=C/C1CN(CC=O)[C@@H](C[C@H](C)C=C(C)C)[C@@H]1C(=O)O.CC.CC.CCCCN(C)c1cccc(CC(C)C(C)C)c1. The third-order valence-electron chi connectivity index (χ3n) is 9.05. The molecule has 0 amide bonds. The summed E-state index contributed by atoms with van der Waals surface area (Å²) in [4.78, 5) is 27.6. The average molecular weight is 723 g/mol. The summed E-state index contributed by atoms with van der Waals surface area (Å²) in [6, 6.07) is 8.86. The van der Waals surface area contributed by atoms with Gasteiger partial charge in [-0.1, -0.05) is 105 Å². The second kappa shape index (κ2) is 29.8. The first-order chi connectivity index (χ1) is 24.9. The number of likely N-dealkylation sites (tertiary alicyclic amines) is 1. The Labute approximate surface area is 319 Å². The molecule has 2 aliphatic rings. The summed E-state index contributed by atoms with van der Waals surface area (Å²) in [6.07, 6.45) is 22.8. The average Bonchev–Trinajstić information content (AvgIpc) is 3.73. The van der Waals surface area contributed by atoms with E-state index in [2.05, 4.69) is 89.8 Å². The Bertz CT molecular complexity index is 1260. The van der Waals surface area contributed by atoms with Crippen molar-refractivity contribution >= 4 is 17.9 Å². The number of nitrogens with zero attached hydrogens (tertiary/aromatic N) is 2. The van der Waals surface area contributed by atoms with E-state index >= 15 is 0 Å². The Kier molecular flexibility index (Phi) is 28.8. The van der Waals surface area contributed by atoms with Crippen molar-refractivity contribution in [3.63, 3.8) is 0 Å². The van der Waals surface area contributed by atoms with Gasteiger partial charge in [0, 0.05) is 37.8 Å². The second-order valence-corrected chi connectivity index (χ2v) is 13.5. The number of carbonyl (C=O) groups excluding carboxylic acids is 1. The molecule has 5 atom stereocenters. The van der Waals surface area contributed by atoms with Gasteiger partial charge in [-0.2, -0.15) is 0 Å². The van der Waals surface area contributed by atoms with Crippen LogP contribution in [-0.4, -0.2) is 61.8 Å². The zero-order chi connectivity index (χ0) is 40.2. The largest absolute Gasteiger partial charge is 0.481 e. The van der Waals surface area contributed by atoms with Crippen LogP contribution in [0.15, 0.2) is 71.7 Å². The molecule has 294 valence electrons. The van der Waals surface area contributed by atoms with Crippen LogP contribution in [0.25, 0.3) is 0 Å². The normalized spacial score (nSPS) is 20.3. The first-order valence-corrected chi connectivity index (χ1v) is 19.4. The molecule has 0 aliphatic carbocycles. The summed E-state index contributed by atoms with van der Waals surface area (Å²) < 4.78 is 10.7. The van der Waals surface area contributed by atoms with Crippen LogP contribution < -0.4 is 4.90 Å². The highest BCUT2D eigenvalue weighted by Crippen LogP contribution is 2.35. The van der Waals surface area contributed by atoms with E-state index in [0.717, 1.165) is 24.7 Å². The van der Waals surface area contributed by atoms with Crippen LogP contribution >= 0.6 is 0 Å². The number of allylic oxidation sites excluding steroid dienone is 5. The maximum atomic E-state index is 12.1. The number of carbonyl (C=O) groups is 2. The fourth-order valence-electron chi connectivity index (χ4n) is 6.17. The van der Waals surface area contributed by atoms with Crippen molar-refractivity contribution in [1.29, 1.82) is 0 Å². The molecular weight excluding hydrogens is 649 g/mol. The van der Waals surface area contributed by atoms with E-state index in [9.17, 15) is 14.7 Å². The Balaban J connectivity index is 0. The Hall–Kier alpha value is -3.76. The van der Waals surface area contributed by atoms with Crippen LogP contribution in [0.2, 0.25) is 0 Å². The lowest BCUT2D eigenvalue weighted by atomic mass is 9.85. The fourth-order valence-corrected chi connectivity index (χ4v) is 6.17. The topological polar surface area (TPSA) is 79.3 Å². The summed E-state index contributed by atoms with van der Waals surface area (Å²) >= 11 is 0. The van der Waals surface area contributed by atoms with Gasteiger partial charge in [0.1, 0.15) is 6.29 Å². The number of terminal acetylenes is 1. The van der Waals surface area contributed by atoms with Crippen molar-refractivity contribution < 1.29 is 24.2 Å². The number of benzene rings is 1. The van der Waals surface area contributed by atoms with E-state index in [1.165, 1.54) is 36.1 Å². The second-order valence-electron chi connectivity index (χ2n) is 13.5. The molecule has 1 N–H and O–H groups in total. The molecule has 1 aromatic rings. The molecule has 3 rings (SSSR count). The fraction of sp³-hybridized carbons (Fsp3) is 0.600. The number of aliphatic carboxylic acids is 1. The van der Waals surface area contributed by atoms with Crippen LogP contribution in [0.4, 0.5) is 5.69 Å². The van der Waals surface area contributed by atoms with E-state index in [1.807, 2.05) is 71.6 Å². The molecule has 52 heavy (non-hydrogen) atoms. The van der Waals surface area contributed by atoms with E-state index in [1.54, 1.807) is 6.08 Å². The quantitative estimate of drug-likeness (QED) is 0.110. The molecule has 2 unspecified atom stereocenters. The molecule has 0 spiro atoms. The highest BCUT2D eigenvalue weighted by molar-refractivity contribution is 5.72. The maximum absolute atomic E-state index is 12.1. The van der Waals surface area contributed by atoms with Crippen LogP contribution in [0.5, 0.6) is 0 Å². The Morgan fingerprint density at radius 1 is 1.08 bits per heavy atom. The molecule has 0 saturated carbocycles. The zero-order valence-corrected chi connectivity index (χ0v) is 35.0. The summed E-state index contributed by atoms with van der Waals surface area (Å²) in [6.45, 7) is 27.4. The van der Waals surface area contributed by atoms with Gasteiger partial charge in [0.15, 0.2) is 11.5 Å². The van der Waals surface area contributed by atoms with Crippen molar-refractivity contribution in [3.05, 3.63) is 77.3 Å². The lowest BCUT2D eigenvalue weighted by molar-refractivity contribution is -0.143. The number of hydrogen-bond donors (Lipinski definition) is 1. The monoisotopic (exact) mass is 723 g/mol.